The van der Waals surface area contributed by atoms with E-state index in [-0.39, 0.29) is 18.6 Å². The number of pyridine rings is 1. The lowest BCUT2D eigenvalue weighted by Gasteiger charge is -2.11. The average molecular weight is 348 g/mol. The van der Waals surface area contributed by atoms with E-state index in [1.54, 1.807) is 49.1 Å². The first-order valence-electron chi connectivity index (χ1n) is 8.38. The summed E-state index contributed by atoms with van der Waals surface area (Å²) in [6.45, 7) is 4.21. The normalized spacial score (nSPS) is 10.6. The Kier molecular flexibility index (Phi) is 5.53. The van der Waals surface area contributed by atoms with Gasteiger partial charge in [-0.25, -0.2) is 0 Å². The van der Waals surface area contributed by atoms with Crippen LogP contribution in [0.3, 0.4) is 0 Å². The molecule has 1 N–H and O–H groups in total. The summed E-state index contributed by atoms with van der Waals surface area (Å²) in [5.41, 5.74) is 2.91. The van der Waals surface area contributed by atoms with Crippen molar-refractivity contribution in [3.63, 3.8) is 0 Å². The number of hydrogen-bond donors (Lipinski definition) is 1. The van der Waals surface area contributed by atoms with Gasteiger partial charge < -0.3 is 10.1 Å². The van der Waals surface area contributed by atoms with E-state index >= 15 is 0 Å². The second kappa shape index (κ2) is 8.20. The quantitative estimate of drug-likeness (QED) is 0.740. The third kappa shape index (κ3) is 4.42. The molecule has 26 heavy (non-hydrogen) atoms. The van der Waals surface area contributed by atoms with Gasteiger partial charge in [-0.2, -0.15) is 0 Å². The van der Waals surface area contributed by atoms with E-state index in [1.165, 1.54) is 0 Å². The van der Waals surface area contributed by atoms with Crippen LogP contribution >= 0.6 is 0 Å². The van der Waals surface area contributed by atoms with Crippen molar-refractivity contribution in [2.45, 2.75) is 26.5 Å². The van der Waals surface area contributed by atoms with Gasteiger partial charge in [0.25, 0.3) is 5.91 Å². The largest absolute Gasteiger partial charge is 0.491 e. The molecule has 0 spiro atoms. The maximum absolute atomic E-state index is 12.4. The molecule has 0 aliphatic rings. The fourth-order valence-corrected chi connectivity index (χ4v) is 2.47. The van der Waals surface area contributed by atoms with Crippen LogP contribution in [-0.4, -0.2) is 27.0 Å². The lowest BCUT2D eigenvalue weighted by atomic mass is 10.1. The molecular weight excluding hydrogens is 328 g/mol. The Balaban J connectivity index is 1.69. The molecule has 0 radical (unpaired) electrons. The molecule has 2 heterocycles. The van der Waals surface area contributed by atoms with Crippen LogP contribution in [-0.2, 0) is 6.54 Å². The van der Waals surface area contributed by atoms with Crippen LogP contribution in [0.2, 0.25) is 0 Å². The van der Waals surface area contributed by atoms with Gasteiger partial charge in [-0.1, -0.05) is 0 Å². The summed E-state index contributed by atoms with van der Waals surface area (Å²) in [5, 5.41) is 2.89. The molecule has 6 heteroatoms. The summed E-state index contributed by atoms with van der Waals surface area (Å²) in [7, 11) is 0. The van der Waals surface area contributed by atoms with Crippen LogP contribution in [0.4, 0.5) is 0 Å². The Bertz CT molecular complexity index is 864. The number of ether oxygens (including phenoxy) is 1. The van der Waals surface area contributed by atoms with Gasteiger partial charge in [-0.15, -0.1) is 0 Å². The van der Waals surface area contributed by atoms with Gasteiger partial charge >= 0.3 is 0 Å². The van der Waals surface area contributed by atoms with Crippen LogP contribution in [0.25, 0.3) is 11.3 Å². The SMILES string of the molecule is CC(C)Oc1ccc(C(=O)NCc2nccnc2-c2ccncc2)cc1. The average Bonchev–Trinajstić information content (AvgIpc) is 2.67. The summed E-state index contributed by atoms with van der Waals surface area (Å²) in [6.07, 6.45) is 6.75. The number of benzene rings is 1. The minimum atomic E-state index is -0.174. The molecule has 3 rings (SSSR count). The van der Waals surface area contributed by atoms with E-state index in [4.69, 9.17) is 4.74 Å². The van der Waals surface area contributed by atoms with Crippen molar-refractivity contribution < 1.29 is 9.53 Å². The number of amides is 1. The minimum absolute atomic E-state index is 0.0953. The van der Waals surface area contributed by atoms with Crippen molar-refractivity contribution in [1.29, 1.82) is 0 Å². The monoisotopic (exact) mass is 348 g/mol. The summed E-state index contributed by atoms with van der Waals surface area (Å²) in [4.78, 5) is 25.1. The van der Waals surface area contributed by atoms with E-state index in [9.17, 15) is 4.79 Å². The van der Waals surface area contributed by atoms with Crippen molar-refractivity contribution in [1.82, 2.24) is 20.3 Å². The lowest BCUT2D eigenvalue weighted by Crippen LogP contribution is -2.23. The van der Waals surface area contributed by atoms with Gasteiger partial charge in [0.05, 0.1) is 24.0 Å². The molecule has 0 saturated heterocycles. The fourth-order valence-electron chi connectivity index (χ4n) is 2.47. The third-order valence-electron chi connectivity index (χ3n) is 3.63. The molecule has 0 aliphatic carbocycles. The van der Waals surface area contributed by atoms with Gasteiger partial charge in [-0.3, -0.25) is 19.7 Å². The highest BCUT2D eigenvalue weighted by molar-refractivity contribution is 5.94. The van der Waals surface area contributed by atoms with E-state index in [0.29, 0.717) is 11.3 Å². The number of aromatic nitrogens is 3. The minimum Gasteiger partial charge on any atom is -0.491 e. The molecule has 0 unspecified atom stereocenters. The zero-order chi connectivity index (χ0) is 18.4. The molecule has 0 saturated carbocycles. The molecule has 0 fully saturated rings. The van der Waals surface area contributed by atoms with Crippen LogP contribution in [0.1, 0.15) is 29.9 Å². The molecular formula is C20H20N4O2. The smallest absolute Gasteiger partial charge is 0.251 e. The first-order valence-corrected chi connectivity index (χ1v) is 8.38. The van der Waals surface area contributed by atoms with Crippen LogP contribution in [0.5, 0.6) is 5.75 Å². The Morgan fingerprint density at radius 2 is 1.69 bits per heavy atom. The highest BCUT2D eigenvalue weighted by Gasteiger charge is 2.11. The maximum Gasteiger partial charge on any atom is 0.251 e. The van der Waals surface area contributed by atoms with Gasteiger partial charge in [0.1, 0.15) is 5.75 Å². The van der Waals surface area contributed by atoms with Crippen LogP contribution in [0, 0.1) is 0 Å². The van der Waals surface area contributed by atoms with Gasteiger partial charge in [0, 0.05) is 35.9 Å². The van der Waals surface area contributed by atoms with Gasteiger partial charge in [0.2, 0.25) is 0 Å². The molecule has 132 valence electrons. The number of carbonyl (C=O) groups is 1. The maximum atomic E-state index is 12.4. The summed E-state index contributed by atoms with van der Waals surface area (Å²) in [5.74, 6) is 0.567. The fraction of sp³-hybridized carbons (Fsp3) is 0.200. The summed E-state index contributed by atoms with van der Waals surface area (Å²) in [6, 6.07) is 10.8. The summed E-state index contributed by atoms with van der Waals surface area (Å²) < 4.78 is 5.59. The number of hydrogen-bond acceptors (Lipinski definition) is 5. The van der Waals surface area contributed by atoms with E-state index in [2.05, 4.69) is 20.3 Å². The molecule has 1 aromatic carbocycles. The number of nitrogens with zero attached hydrogens (tertiary/aromatic N) is 3. The molecule has 0 bridgehead atoms. The molecule has 0 atom stereocenters. The van der Waals surface area contributed by atoms with E-state index < -0.39 is 0 Å². The second-order valence-corrected chi connectivity index (χ2v) is 5.96. The number of rotatable bonds is 6. The van der Waals surface area contributed by atoms with Crippen molar-refractivity contribution in [3.8, 4) is 17.0 Å². The van der Waals surface area contributed by atoms with Crippen molar-refractivity contribution >= 4 is 5.91 Å². The van der Waals surface area contributed by atoms with Crippen molar-refractivity contribution in [2.75, 3.05) is 0 Å². The third-order valence-corrected chi connectivity index (χ3v) is 3.63. The van der Waals surface area contributed by atoms with Gasteiger partial charge in [-0.05, 0) is 50.2 Å². The lowest BCUT2D eigenvalue weighted by molar-refractivity contribution is 0.0950. The summed E-state index contributed by atoms with van der Waals surface area (Å²) >= 11 is 0. The second-order valence-electron chi connectivity index (χ2n) is 5.96. The molecule has 6 nitrogen and oxygen atoms in total. The van der Waals surface area contributed by atoms with Crippen LogP contribution < -0.4 is 10.1 Å². The topological polar surface area (TPSA) is 77.0 Å². The van der Waals surface area contributed by atoms with Crippen molar-refractivity contribution in [3.05, 3.63) is 72.4 Å². The highest BCUT2D eigenvalue weighted by atomic mass is 16.5. The van der Waals surface area contributed by atoms with Crippen LogP contribution in [0.15, 0.2) is 61.2 Å². The predicted molar refractivity (Wildman–Crippen MR) is 98.6 cm³/mol. The first-order chi connectivity index (χ1) is 12.6. The molecule has 0 aliphatic heterocycles. The first kappa shape index (κ1) is 17.5. The number of nitrogens with one attached hydrogen (secondary N) is 1. The zero-order valence-corrected chi connectivity index (χ0v) is 14.7. The van der Waals surface area contributed by atoms with Gasteiger partial charge in [0.15, 0.2) is 0 Å². The number of carbonyl (C=O) groups excluding carboxylic acids is 1. The standard InChI is InChI=1S/C20H20N4O2/c1-14(2)26-17-5-3-16(4-6-17)20(25)24-13-18-19(23-12-11-22-18)15-7-9-21-10-8-15/h3-12,14H,13H2,1-2H3,(H,24,25). The Labute approximate surface area is 152 Å². The Morgan fingerprint density at radius 1 is 1.00 bits per heavy atom. The molecule has 1 amide bonds. The Morgan fingerprint density at radius 3 is 2.38 bits per heavy atom. The molecule has 3 aromatic rings. The predicted octanol–water partition coefficient (Wildman–Crippen LogP) is 3.26. The molecule has 2 aromatic heterocycles. The zero-order valence-electron chi connectivity index (χ0n) is 14.7. The van der Waals surface area contributed by atoms with E-state index in [1.807, 2.05) is 26.0 Å². The van der Waals surface area contributed by atoms with Crippen molar-refractivity contribution in [2.24, 2.45) is 0 Å². The Hall–Kier alpha value is -3.28. The van der Waals surface area contributed by atoms with E-state index in [0.717, 1.165) is 17.0 Å². The highest BCUT2D eigenvalue weighted by Crippen LogP contribution is 2.18.